The molecule has 0 aliphatic rings. The fourth-order valence-electron chi connectivity index (χ4n) is 3.33. The van der Waals surface area contributed by atoms with Gasteiger partial charge in [-0.2, -0.15) is 0 Å². The molecule has 29 heavy (non-hydrogen) atoms. The van der Waals surface area contributed by atoms with Gasteiger partial charge in [0.15, 0.2) is 6.61 Å². The van der Waals surface area contributed by atoms with Crippen LogP contribution in [0.3, 0.4) is 0 Å². The largest absolute Gasteiger partial charge is 0.483 e. The van der Waals surface area contributed by atoms with E-state index in [1.807, 2.05) is 0 Å². The van der Waals surface area contributed by atoms with Crippen LogP contribution in [-0.4, -0.2) is 19.1 Å². The molecule has 0 radical (unpaired) electrons. The van der Waals surface area contributed by atoms with Gasteiger partial charge >= 0.3 is 0 Å². The molecule has 3 nitrogen and oxygen atoms in total. The summed E-state index contributed by atoms with van der Waals surface area (Å²) in [7, 11) is 0. The van der Waals surface area contributed by atoms with E-state index in [0.717, 1.165) is 17.4 Å². The summed E-state index contributed by atoms with van der Waals surface area (Å²) in [5, 5.41) is 3.55. The fraction of sp³-hybridized carbons (Fsp3) is 0.708. The van der Waals surface area contributed by atoms with Crippen molar-refractivity contribution in [3.63, 3.8) is 0 Å². The number of carbonyl (C=O) groups is 1. The number of carbonyl (C=O) groups excluding carboxylic acids is 1. The smallest absolute Gasteiger partial charge is 0.257 e. The third kappa shape index (κ3) is 14.8. The third-order valence-electron chi connectivity index (χ3n) is 5.11. The molecule has 0 saturated heterocycles. The van der Waals surface area contributed by atoms with Crippen LogP contribution in [0.5, 0.6) is 5.75 Å². The molecule has 0 bridgehead atoms. The van der Waals surface area contributed by atoms with Gasteiger partial charge in [-0.3, -0.25) is 4.79 Å². The van der Waals surface area contributed by atoms with Gasteiger partial charge < -0.3 is 10.1 Å². The first kappa shape index (κ1) is 26.3. The molecule has 0 heterocycles. The van der Waals surface area contributed by atoms with Gasteiger partial charge in [-0.25, -0.2) is 0 Å². The zero-order valence-electron chi connectivity index (χ0n) is 18.1. The third-order valence-corrected chi connectivity index (χ3v) is 5.96. The summed E-state index contributed by atoms with van der Waals surface area (Å²) in [5.74, 6) is 0.544. The summed E-state index contributed by atoms with van der Waals surface area (Å²) in [4.78, 5) is 11.9. The average Bonchev–Trinajstić information content (AvgIpc) is 2.70. The Balaban J connectivity index is 1.85. The van der Waals surface area contributed by atoms with Crippen LogP contribution in [0.1, 0.15) is 96.8 Å². The number of amides is 1. The molecule has 1 amide bonds. The number of nitrogens with one attached hydrogen (secondary N) is 1. The first-order chi connectivity index (χ1) is 14.1. The van der Waals surface area contributed by atoms with Crippen LogP contribution >= 0.6 is 27.5 Å². The van der Waals surface area contributed by atoms with Gasteiger partial charge in [-0.15, -0.1) is 0 Å². The maximum atomic E-state index is 11.9. The summed E-state index contributed by atoms with van der Waals surface area (Å²) in [6.07, 6.45) is 18.8. The number of unbranched alkanes of at least 4 members (excludes halogenated alkanes) is 13. The lowest BCUT2D eigenvalue weighted by Gasteiger charge is -2.09. The van der Waals surface area contributed by atoms with Crippen LogP contribution in [0, 0.1) is 0 Å². The van der Waals surface area contributed by atoms with Gasteiger partial charge in [0, 0.05) is 11.6 Å². The van der Waals surface area contributed by atoms with Crippen molar-refractivity contribution in [2.45, 2.75) is 96.8 Å². The van der Waals surface area contributed by atoms with E-state index in [4.69, 9.17) is 16.3 Å². The second kappa shape index (κ2) is 18.1. The topological polar surface area (TPSA) is 38.3 Å². The Hall–Kier alpha value is -0.740. The number of hydrogen-bond acceptors (Lipinski definition) is 2. The second-order valence-corrected chi connectivity index (χ2v) is 9.10. The van der Waals surface area contributed by atoms with Crippen molar-refractivity contribution in [1.29, 1.82) is 0 Å². The Morgan fingerprint density at radius 3 is 1.93 bits per heavy atom. The summed E-state index contributed by atoms with van der Waals surface area (Å²) in [6, 6.07) is 5.25. The molecule has 1 aromatic rings. The SMILES string of the molecule is CCCCCCCCCCCCCCCCNC(=O)COc1ccc(Cl)cc1Br. The van der Waals surface area contributed by atoms with Crippen LogP contribution in [-0.2, 0) is 4.79 Å². The minimum Gasteiger partial charge on any atom is -0.483 e. The van der Waals surface area contributed by atoms with Crippen LogP contribution in [0.15, 0.2) is 22.7 Å². The van der Waals surface area contributed by atoms with E-state index < -0.39 is 0 Å². The van der Waals surface area contributed by atoms with E-state index in [1.54, 1.807) is 18.2 Å². The molecular weight excluding hydrogens is 450 g/mol. The zero-order valence-corrected chi connectivity index (χ0v) is 20.5. The van der Waals surface area contributed by atoms with Crippen LogP contribution in [0.2, 0.25) is 5.02 Å². The lowest BCUT2D eigenvalue weighted by atomic mass is 10.0. The van der Waals surface area contributed by atoms with Gasteiger partial charge in [-0.1, -0.05) is 102 Å². The molecule has 5 heteroatoms. The van der Waals surface area contributed by atoms with Crippen molar-refractivity contribution in [2.24, 2.45) is 0 Å². The maximum Gasteiger partial charge on any atom is 0.257 e. The van der Waals surface area contributed by atoms with Gasteiger partial charge in [0.2, 0.25) is 0 Å². The molecule has 0 aromatic heterocycles. The first-order valence-electron chi connectivity index (χ1n) is 11.5. The van der Waals surface area contributed by atoms with Gasteiger partial charge in [0.25, 0.3) is 5.91 Å². The molecule has 0 aliphatic carbocycles. The number of halogens is 2. The number of hydrogen-bond donors (Lipinski definition) is 1. The number of rotatable bonds is 18. The van der Waals surface area contributed by atoms with Gasteiger partial charge in [-0.05, 0) is 40.5 Å². The molecule has 1 N–H and O–H groups in total. The van der Waals surface area contributed by atoms with Crippen LogP contribution in [0.25, 0.3) is 0 Å². The molecule has 1 rings (SSSR count). The average molecular weight is 489 g/mol. The summed E-state index contributed by atoms with van der Waals surface area (Å²) in [6.45, 7) is 3.02. The molecule has 0 atom stereocenters. The quantitative estimate of drug-likeness (QED) is 0.212. The van der Waals surface area contributed by atoms with Crippen molar-refractivity contribution >= 4 is 33.4 Å². The maximum absolute atomic E-state index is 11.9. The molecule has 166 valence electrons. The zero-order chi connectivity index (χ0) is 21.2. The lowest BCUT2D eigenvalue weighted by Crippen LogP contribution is -2.29. The highest BCUT2D eigenvalue weighted by Gasteiger charge is 2.05. The fourth-order valence-corrected chi connectivity index (χ4v) is 4.13. The Morgan fingerprint density at radius 1 is 0.897 bits per heavy atom. The van der Waals surface area contributed by atoms with E-state index in [-0.39, 0.29) is 12.5 Å². The molecule has 0 saturated carbocycles. The van der Waals surface area contributed by atoms with E-state index >= 15 is 0 Å². The van der Waals surface area contributed by atoms with Crippen molar-refractivity contribution in [2.75, 3.05) is 13.2 Å². The lowest BCUT2D eigenvalue weighted by molar-refractivity contribution is -0.123. The Kier molecular flexibility index (Phi) is 16.4. The highest BCUT2D eigenvalue weighted by Crippen LogP contribution is 2.27. The van der Waals surface area contributed by atoms with Crippen molar-refractivity contribution < 1.29 is 9.53 Å². The van der Waals surface area contributed by atoms with Crippen molar-refractivity contribution in [1.82, 2.24) is 5.32 Å². The van der Waals surface area contributed by atoms with E-state index in [2.05, 4.69) is 28.2 Å². The molecule has 0 unspecified atom stereocenters. The van der Waals surface area contributed by atoms with E-state index in [1.165, 1.54) is 83.5 Å². The minimum absolute atomic E-state index is 0.0266. The van der Waals surface area contributed by atoms with Crippen LogP contribution in [0.4, 0.5) is 0 Å². The van der Waals surface area contributed by atoms with Crippen molar-refractivity contribution in [3.05, 3.63) is 27.7 Å². The summed E-state index contributed by atoms with van der Waals surface area (Å²) >= 11 is 9.27. The number of ether oxygens (including phenoxy) is 1. The summed E-state index contributed by atoms with van der Waals surface area (Å²) < 4.78 is 6.27. The van der Waals surface area contributed by atoms with Gasteiger partial charge in [0.05, 0.1) is 4.47 Å². The van der Waals surface area contributed by atoms with E-state index in [9.17, 15) is 4.79 Å². The first-order valence-corrected chi connectivity index (χ1v) is 12.6. The molecular formula is C24H39BrClNO2. The molecule has 0 fully saturated rings. The van der Waals surface area contributed by atoms with Gasteiger partial charge in [0.1, 0.15) is 5.75 Å². The highest BCUT2D eigenvalue weighted by atomic mass is 79.9. The predicted octanol–water partition coefficient (Wildman–Crippen LogP) is 8.08. The highest BCUT2D eigenvalue weighted by molar-refractivity contribution is 9.10. The summed E-state index contributed by atoms with van der Waals surface area (Å²) in [5.41, 5.74) is 0. The van der Waals surface area contributed by atoms with Crippen molar-refractivity contribution in [3.8, 4) is 5.75 Å². The molecule has 1 aromatic carbocycles. The number of benzene rings is 1. The predicted molar refractivity (Wildman–Crippen MR) is 128 cm³/mol. The Labute approximate surface area is 191 Å². The molecule has 0 aliphatic heterocycles. The molecule has 0 spiro atoms. The second-order valence-electron chi connectivity index (χ2n) is 7.81. The van der Waals surface area contributed by atoms with E-state index in [0.29, 0.717) is 10.8 Å². The monoisotopic (exact) mass is 487 g/mol. The van der Waals surface area contributed by atoms with Crippen LogP contribution < -0.4 is 10.1 Å². The Morgan fingerprint density at radius 2 is 1.41 bits per heavy atom. The normalized spacial score (nSPS) is 10.9. The standard InChI is InChI=1S/C24H39BrClNO2/c1-2-3-4-5-6-7-8-9-10-11-12-13-14-15-18-27-24(28)20-29-23-17-16-21(26)19-22(23)25/h16-17,19H,2-15,18,20H2,1H3,(H,27,28). The Bertz CT molecular complexity index is 554. The minimum atomic E-state index is -0.0819.